The summed E-state index contributed by atoms with van der Waals surface area (Å²) >= 11 is 5.85. The van der Waals surface area contributed by atoms with Crippen molar-refractivity contribution in [2.24, 2.45) is 0 Å². The largest absolute Gasteiger partial charge is 0.351 e. The molecular formula is C15H21ClN2O2. The van der Waals surface area contributed by atoms with Crippen molar-refractivity contribution in [1.29, 1.82) is 0 Å². The summed E-state index contributed by atoms with van der Waals surface area (Å²) < 4.78 is 0. The Labute approximate surface area is 124 Å². The molecule has 1 aromatic carbocycles. The van der Waals surface area contributed by atoms with Crippen molar-refractivity contribution in [2.45, 2.75) is 45.7 Å². The standard InChI is InChI=1S/C15H21ClN2O2/c1-10(19)17-13(9-14(20)18-15(2,3)4)11-5-7-12(16)8-6-11/h5-8,13H,9H2,1-4H3,(H,17,19)(H,18,20). The molecule has 0 spiro atoms. The second kappa shape index (κ2) is 6.75. The quantitative estimate of drug-likeness (QED) is 0.897. The predicted octanol–water partition coefficient (Wildman–Crippen LogP) is 2.82. The van der Waals surface area contributed by atoms with Crippen LogP contribution >= 0.6 is 11.6 Å². The fourth-order valence-electron chi connectivity index (χ4n) is 1.85. The first-order valence-corrected chi connectivity index (χ1v) is 6.89. The van der Waals surface area contributed by atoms with Gasteiger partial charge in [0.2, 0.25) is 11.8 Å². The summed E-state index contributed by atoms with van der Waals surface area (Å²) in [4.78, 5) is 23.3. The normalized spacial score (nSPS) is 12.7. The van der Waals surface area contributed by atoms with E-state index in [1.807, 2.05) is 32.9 Å². The predicted molar refractivity (Wildman–Crippen MR) is 80.5 cm³/mol. The van der Waals surface area contributed by atoms with Gasteiger partial charge in [0.05, 0.1) is 12.5 Å². The highest BCUT2D eigenvalue weighted by atomic mass is 35.5. The number of nitrogens with one attached hydrogen (secondary N) is 2. The van der Waals surface area contributed by atoms with Crippen molar-refractivity contribution in [1.82, 2.24) is 10.6 Å². The topological polar surface area (TPSA) is 58.2 Å². The molecular weight excluding hydrogens is 276 g/mol. The molecule has 5 heteroatoms. The van der Waals surface area contributed by atoms with Crippen LogP contribution in [0.3, 0.4) is 0 Å². The van der Waals surface area contributed by atoms with Gasteiger partial charge in [-0.3, -0.25) is 9.59 Å². The van der Waals surface area contributed by atoms with E-state index in [2.05, 4.69) is 10.6 Å². The molecule has 1 unspecified atom stereocenters. The van der Waals surface area contributed by atoms with E-state index in [1.54, 1.807) is 12.1 Å². The average Bonchev–Trinajstić information content (AvgIpc) is 2.25. The maximum absolute atomic E-state index is 12.0. The molecule has 1 atom stereocenters. The van der Waals surface area contributed by atoms with Gasteiger partial charge in [-0.25, -0.2) is 0 Å². The van der Waals surface area contributed by atoms with E-state index >= 15 is 0 Å². The molecule has 0 bridgehead atoms. The summed E-state index contributed by atoms with van der Waals surface area (Å²) in [5.41, 5.74) is 0.561. The summed E-state index contributed by atoms with van der Waals surface area (Å²) in [5, 5.41) is 6.30. The molecule has 20 heavy (non-hydrogen) atoms. The molecule has 0 saturated heterocycles. The molecule has 0 aliphatic rings. The van der Waals surface area contributed by atoms with Crippen LogP contribution in [0.4, 0.5) is 0 Å². The van der Waals surface area contributed by atoms with Gasteiger partial charge in [-0.2, -0.15) is 0 Å². The van der Waals surface area contributed by atoms with Crippen molar-refractivity contribution in [2.75, 3.05) is 0 Å². The van der Waals surface area contributed by atoms with Crippen molar-refractivity contribution in [3.63, 3.8) is 0 Å². The first kappa shape index (κ1) is 16.5. The van der Waals surface area contributed by atoms with Crippen LogP contribution < -0.4 is 10.6 Å². The van der Waals surface area contributed by atoms with Crippen LogP contribution in [0.1, 0.15) is 45.7 Å². The van der Waals surface area contributed by atoms with Crippen LogP contribution in [-0.4, -0.2) is 17.4 Å². The van der Waals surface area contributed by atoms with Crippen LogP contribution in [0, 0.1) is 0 Å². The van der Waals surface area contributed by atoms with Gasteiger partial charge >= 0.3 is 0 Å². The molecule has 1 rings (SSSR count). The third-order valence-corrected chi connectivity index (χ3v) is 2.81. The molecule has 2 amide bonds. The number of halogens is 1. The zero-order chi connectivity index (χ0) is 15.3. The van der Waals surface area contributed by atoms with Gasteiger partial charge in [0, 0.05) is 17.5 Å². The summed E-state index contributed by atoms with van der Waals surface area (Å²) in [6, 6.07) is 6.76. The second-order valence-corrected chi connectivity index (χ2v) is 6.24. The van der Waals surface area contributed by atoms with E-state index in [0.717, 1.165) is 5.56 Å². The lowest BCUT2D eigenvalue weighted by atomic mass is 10.0. The van der Waals surface area contributed by atoms with E-state index in [1.165, 1.54) is 6.92 Å². The number of rotatable bonds is 4. The summed E-state index contributed by atoms with van der Waals surface area (Å²) in [6.07, 6.45) is 0.193. The van der Waals surface area contributed by atoms with Gasteiger partial charge in [-0.1, -0.05) is 23.7 Å². The monoisotopic (exact) mass is 296 g/mol. The lowest BCUT2D eigenvalue weighted by Gasteiger charge is -2.23. The van der Waals surface area contributed by atoms with Gasteiger partial charge in [-0.05, 0) is 38.5 Å². The number of hydrogen-bond donors (Lipinski definition) is 2. The van der Waals surface area contributed by atoms with E-state index in [4.69, 9.17) is 11.6 Å². The third kappa shape index (κ3) is 6.06. The van der Waals surface area contributed by atoms with Gasteiger partial charge in [0.15, 0.2) is 0 Å². The first-order chi connectivity index (χ1) is 9.17. The molecule has 0 heterocycles. The lowest BCUT2D eigenvalue weighted by molar-refractivity contribution is -0.123. The lowest BCUT2D eigenvalue weighted by Crippen LogP contribution is -2.42. The highest BCUT2D eigenvalue weighted by Crippen LogP contribution is 2.20. The van der Waals surface area contributed by atoms with Crippen LogP contribution in [0.5, 0.6) is 0 Å². The summed E-state index contributed by atoms with van der Waals surface area (Å²) in [7, 11) is 0. The van der Waals surface area contributed by atoms with E-state index < -0.39 is 0 Å². The third-order valence-electron chi connectivity index (χ3n) is 2.55. The first-order valence-electron chi connectivity index (χ1n) is 6.51. The Morgan fingerprint density at radius 1 is 1.20 bits per heavy atom. The van der Waals surface area contributed by atoms with Gasteiger partial charge in [0.25, 0.3) is 0 Å². The highest BCUT2D eigenvalue weighted by molar-refractivity contribution is 6.30. The zero-order valence-electron chi connectivity index (χ0n) is 12.3. The van der Waals surface area contributed by atoms with Gasteiger partial charge in [-0.15, -0.1) is 0 Å². The number of benzene rings is 1. The summed E-state index contributed by atoms with van der Waals surface area (Å²) in [5.74, 6) is -0.278. The van der Waals surface area contributed by atoms with Gasteiger partial charge in [0.1, 0.15) is 0 Å². The molecule has 4 nitrogen and oxygen atoms in total. The Kier molecular flexibility index (Phi) is 5.57. The molecule has 2 N–H and O–H groups in total. The zero-order valence-corrected chi connectivity index (χ0v) is 13.0. The second-order valence-electron chi connectivity index (χ2n) is 5.81. The van der Waals surface area contributed by atoms with Crippen LogP contribution in [-0.2, 0) is 9.59 Å². The van der Waals surface area contributed by atoms with Crippen LogP contribution in [0.2, 0.25) is 5.02 Å². The molecule has 110 valence electrons. The Morgan fingerprint density at radius 3 is 2.20 bits per heavy atom. The maximum Gasteiger partial charge on any atom is 0.222 e. The van der Waals surface area contributed by atoms with Gasteiger partial charge < -0.3 is 10.6 Å². The van der Waals surface area contributed by atoms with Crippen molar-refractivity contribution < 1.29 is 9.59 Å². The minimum Gasteiger partial charge on any atom is -0.351 e. The number of carbonyl (C=O) groups excluding carboxylic acids is 2. The SMILES string of the molecule is CC(=O)NC(CC(=O)NC(C)(C)C)c1ccc(Cl)cc1. The minimum absolute atomic E-state index is 0.105. The minimum atomic E-state index is -0.355. The Bertz CT molecular complexity index is 478. The van der Waals surface area contributed by atoms with E-state index in [9.17, 15) is 9.59 Å². The summed E-state index contributed by atoms with van der Waals surface area (Å²) in [6.45, 7) is 7.19. The van der Waals surface area contributed by atoms with E-state index in [-0.39, 0.29) is 29.8 Å². The number of amides is 2. The average molecular weight is 297 g/mol. The number of hydrogen-bond acceptors (Lipinski definition) is 2. The molecule has 0 aliphatic carbocycles. The fourth-order valence-corrected chi connectivity index (χ4v) is 1.97. The molecule has 1 aromatic rings. The smallest absolute Gasteiger partial charge is 0.222 e. The van der Waals surface area contributed by atoms with E-state index in [0.29, 0.717) is 5.02 Å². The highest BCUT2D eigenvalue weighted by Gasteiger charge is 2.20. The fraction of sp³-hybridized carbons (Fsp3) is 0.467. The molecule has 0 aliphatic heterocycles. The number of carbonyl (C=O) groups is 2. The van der Waals surface area contributed by atoms with Crippen molar-refractivity contribution in [3.05, 3.63) is 34.9 Å². The van der Waals surface area contributed by atoms with Crippen LogP contribution in [0.25, 0.3) is 0 Å². The molecule has 0 fully saturated rings. The Balaban J connectivity index is 2.82. The van der Waals surface area contributed by atoms with Crippen LogP contribution in [0.15, 0.2) is 24.3 Å². The van der Waals surface area contributed by atoms with Crippen molar-refractivity contribution >= 4 is 23.4 Å². The molecule has 0 aromatic heterocycles. The Hall–Kier alpha value is -1.55. The maximum atomic E-state index is 12.0. The molecule has 0 radical (unpaired) electrons. The Morgan fingerprint density at radius 2 is 1.75 bits per heavy atom. The molecule has 0 saturated carbocycles. The van der Waals surface area contributed by atoms with Crippen molar-refractivity contribution in [3.8, 4) is 0 Å².